The third-order valence-electron chi connectivity index (χ3n) is 6.54. The first-order chi connectivity index (χ1) is 18.7. The topological polar surface area (TPSA) is 123 Å². The zero-order valence-corrected chi connectivity index (χ0v) is 22.8. The number of benzene rings is 1. The number of hydrogen-bond acceptors (Lipinski definition) is 8. The largest absolute Gasteiger partial charge is 0.481 e. The number of rotatable bonds is 7. The lowest BCUT2D eigenvalue weighted by atomic mass is 9.93. The molecule has 0 bridgehead atoms. The number of hydrogen-bond donors (Lipinski definition) is 2. The SMILES string of the molecule is COc1ccc(-c2cc3c([C@@H](C)Nc4ccc(Cl)nc4C(=O)O)cc(C)cc3nc2-c2c(C)noc2C)cn1. The highest BCUT2D eigenvalue weighted by Crippen LogP contribution is 2.39. The number of pyridine rings is 3. The second kappa shape index (κ2) is 10.3. The number of aryl methyl sites for hydroxylation is 3. The van der Waals surface area contributed by atoms with Crippen LogP contribution in [0.15, 0.2) is 53.2 Å². The number of methoxy groups -OCH3 is 1. The molecular formula is C29H26ClN5O4. The molecule has 198 valence electrons. The summed E-state index contributed by atoms with van der Waals surface area (Å²) in [5.41, 5.74) is 6.96. The predicted octanol–water partition coefficient (Wildman–Crippen LogP) is 6.81. The van der Waals surface area contributed by atoms with E-state index < -0.39 is 5.97 Å². The van der Waals surface area contributed by atoms with Gasteiger partial charge in [-0.1, -0.05) is 22.8 Å². The molecule has 4 aromatic heterocycles. The Morgan fingerprint density at radius 2 is 1.90 bits per heavy atom. The number of carbonyl (C=O) groups is 1. The van der Waals surface area contributed by atoms with Crippen molar-refractivity contribution in [1.29, 1.82) is 0 Å². The van der Waals surface area contributed by atoms with Crippen LogP contribution in [-0.2, 0) is 0 Å². The monoisotopic (exact) mass is 543 g/mol. The summed E-state index contributed by atoms with van der Waals surface area (Å²) in [4.78, 5) is 25.3. The summed E-state index contributed by atoms with van der Waals surface area (Å²) >= 11 is 5.95. The Balaban J connectivity index is 1.71. The van der Waals surface area contributed by atoms with Gasteiger partial charge in [0.2, 0.25) is 5.88 Å². The van der Waals surface area contributed by atoms with Crippen molar-refractivity contribution < 1.29 is 19.2 Å². The molecule has 5 rings (SSSR count). The van der Waals surface area contributed by atoms with E-state index in [0.29, 0.717) is 17.3 Å². The van der Waals surface area contributed by atoms with Crippen LogP contribution in [0, 0.1) is 20.8 Å². The number of carboxylic acid groups (broad SMARTS) is 1. The highest BCUT2D eigenvalue weighted by atomic mass is 35.5. The molecule has 0 aliphatic rings. The molecule has 0 aliphatic carbocycles. The molecule has 0 aliphatic heterocycles. The molecule has 0 amide bonds. The maximum atomic E-state index is 11.8. The average Bonchev–Trinajstić information content (AvgIpc) is 3.25. The van der Waals surface area contributed by atoms with E-state index in [-0.39, 0.29) is 16.9 Å². The van der Waals surface area contributed by atoms with Gasteiger partial charge in [0.1, 0.15) is 10.9 Å². The number of ether oxygens (including phenoxy) is 1. The van der Waals surface area contributed by atoms with Gasteiger partial charge < -0.3 is 19.7 Å². The predicted molar refractivity (Wildman–Crippen MR) is 149 cm³/mol. The minimum absolute atomic E-state index is 0.111. The fourth-order valence-electron chi connectivity index (χ4n) is 4.73. The van der Waals surface area contributed by atoms with Gasteiger partial charge in [-0.15, -0.1) is 0 Å². The van der Waals surface area contributed by atoms with Gasteiger partial charge in [0.15, 0.2) is 5.69 Å². The molecule has 0 fully saturated rings. The van der Waals surface area contributed by atoms with Crippen LogP contribution in [0.4, 0.5) is 5.69 Å². The van der Waals surface area contributed by atoms with Crippen molar-refractivity contribution in [2.75, 3.05) is 12.4 Å². The van der Waals surface area contributed by atoms with Gasteiger partial charge in [-0.05, 0) is 69.2 Å². The van der Waals surface area contributed by atoms with Crippen LogP contribution in [0.5, 0.6) is 5.88 Å². The fraction of sp³-hybridized carbons (Fsp3) is 0.207. The molecule has 0 spiro atoms. The van der Waals surface area contributed by atoms with Crippen molar-refractivity contribution in [3.63, 3.8) is 0 Å². The normalized spacial score (nSPS) is 11.9. The van der Waals surface area contributed by atoms with E-state index in [1.807, 2.05) is 39.8 Å². The lowest BCUT2D eigenvalue weighted by molar-refractivity contribution is 0.0691. The maximum Gasteiger partial charge on any atom is 0.356 e. The highest BCUT2D eigenvalue weighted by Gasteiger charge is 2.22. The Kier molecular flexibility index (Phi) is 6.93. The molecule has 10 heteroatoms. The van der Waals surface area contributed by atoms with E-state index >= 15 is 0 Å². The number of nitrogens with one attached hydrogen (secondary N) is 1. The lowest BCUT2D eigenvalue weighted by Gasteiger charge is -2.21. The molecule has 4 heterocycles. The van der Waals surface area contributed by atoms with E-state index in [1.165, 1.54) is 0 Å². The standard InChI is InChI=1S/C29H26ClN5O4/c1-14-10-19(15(2)32-22-7-8-24(30)34-28(22)29(36)37)21-12-20(18-6-9-25(38-5)31-13-18)27(33-23(21)11-14)26-16(3)35-39-17(26)4/h6-13,15,32H,1-5H3,(H,36,37)/t15-/m1/s1. The summed E-state index contributed by atoms with van der Waals surface area (Å²) in [5, 5.41) is 18.1. The summed E-state index contributed by atoms with van der Waals surface area (Å²) in [7, 11) is 1.57. The van der Waals surface area contributed by atoms with E-state index in [2.05, 4.69) is 32.6 Å². The molecule has 0 radical (unpaired) electrons. The first-order valence-corrected chi connectivity index (χ1v) is 12.6. The van der Waals surface area contributed by atoms with Crippen molar-refractivity contribution in [2.24, 2.45) is 0 Å². The maximum absolute atomic E-state index is 11.8. The zero-order chi connectivity index (χ0) is 27.8. The number of fused-ring (bicyclic) bond motifs is 1. The molecular weight excluding hydrogens is 518 g/mol. The summed E-state index contributed by atoms with van der Waals surface area (Å²) in [6.45, 7) is 7.72. The van der Waals surface area contributed by atoms with Gasteiger partial charge in [0.25, 0.3) is 0 Å². The summed E-state index contributed by atoms with van der Waals surface area (Å²) in [5.74, 6) is 0.00844. The van der Waals surface area contributed by atoms with Crippen molar-refractivity contribution in [3.05, 3.63) is 82.1 Å². The van der Waals surface area contributed by atoms with E-state index in [0.717, 1.165) is 50.1 Å². The first kappa shape index (κ1) is 26.1. The van der Waals surface area contributed by atoms with Crippen LogP contribution in [-0.4, -0.2) is 38.3 Å². The molecule has 2 N–H and O–H groups in total. The van der Waals surface area contributed by atoms with Crippen molar-refractivity contribution >= 4 is 34.2 Å². The second-order valence-electron chi connectivity index (χ2n) is 9.30. The lowest BCUT2D eigenvalue weighted by Crippen LogP contribution is -2.13. The van der Waals surface area contributed by atoms with E-state index in [9.17, 15) is 9.90 Å². The molecule has 1 atom stereocenters. The van der Waals surface area contributed by atoms with Crippen molar-refractivity contribution in [2.45, 2.75) is 33.7 Å². The Morgan fingerprint density at radius 1 is 1.10 bits per heavy atom. The highest BCUT2D eigenvalue weighted by molar-refractivity contribution is 6.29. The van der Waals surface area contributed by atoms with Gasteiger partial charge in [0, 0.05) is 34.8 Å². The van der Waals surface area contributed by atoms with Crippen LogP contribution >= 0.6 is 11.6 Å². The molecule has 5 aromatic rings. The third-order valence-corrected chi connectivity index (χ3v) is 6.75. The van der Waals surface area contributed by atoms with Gasteiger partial charge >= 0.3 is 5.97 Å². The van der Waals surface area contributed by atoms with Crippen LogP contribution in [0.2, 0.25) is 5.15 Å². The van der Waals surface area contributed by atoms with Crippen molar-refractivity contribution in [1.82, 2.24) is 20.1 Å². The second-order valence-corrected chi connectivity index (χ2v) is 9.68. The third kappa shape index (κ3) is 5.00. The molecule has 0 unspecified atom stereocenters. The Hall–Kier alpha value is -4.50. The molecule has 1 aromatic carbocycles. The van der Waals surface area contributed by atoms with Crippen molar-refractivity contribution in [3.8, 4) is 28.3 Å². The summed E-state index contributed by atoms with van der Waals surface area (Å²) < 4.78 is 10.7. The van der Waals surface area contributed by atoms with Crippen LogP contribution in [0.3, 0.4) is 0 Å². The number of carboxylic acids is 1. The minimum Gasteiger partial charge on any atom is -0.481 e. The Morgan fingerprint density at radius 3 is 2.54 bits per heavy atom. The summed E-state index contributed by atoms with van der Waals surface area (Å²) in [6.07, 6.45) is 1.75. The van der Waals surface area contributed by atoms with Gasteiger partial charge in [0.05, 0.1) is 35.3 Å². The van der Waals surface area contributed by atoms with Crippen LogP contribution in [0.1, 0.15) is 46.0 Å². The van der Waals surface area contributed by atoms with Gasteiger partial charge in [-0.2, -0.15) is 0 Å². The van der Waals surface area contributed by atoms with Crippen LogP contribution in [0.25, 0.3) is 33.3 Å². The zero-order valence-electron chi connectivity index (χ0n) is 22.0. The van der Waals surface area contributed by atoms with Gasteiger partial charge in [-0.25, -0.2) is 19.7 Å². The first-order valence-electron chi connectivity index (χ1n) is 12.2. The van der Waals surface area contributed by atoms with Gasteiger partial charge in [-0.3, -0.25) is 0 Å². The van der Waals surface area contributed by atoms with E-state index in [1.54, 1.807) is 31.5 Å². The Bertz CT molecular complexity index is 1700. The minimum atomic E-state index is -1.17. The number of anilines is 1. The molecule has 9 nitrogen and oxygen atoms in total. The molecule has 0 saturated heterocycles. The van der Waals surface area contributed by atoms with Crippen LogP contribution < -0.4 is 10.1 Å². The number of aromatic nitrogens is 4. The van der Waals surface area contributed by atoms with E-state index in [4.69, 9.17) is 25.8 Å². The summed E-state index contributed by atoms with van der Waals surface area (Å²) in [6, 6.07) is 12.8. The molecule has 0 saturated carbocycles. The Labute approximate surface area is 229 Å². The number of aromatic carboxylic acids is 1. The number of halogens is 1. The molecule has 39 heavy (non-hydrogen) atoms. The quantitative estimate of drug-likeness (QED) is 0.213. The number of nitrogens with zero attached hydrogens (tertiary/aromatic N) is 4. The average molecular weight is 544 g/mol. The smallest absolute Gasteiger partial charge is 0.356 e. The fourth-order valence-corrected chi connectivity index (χ4v) is 4.87.